The lowest BCUT2D eigenvalue weighted by Gasteiger charge is -2.27. The van der Waals surface area contributed by atoms with Crippen LogP contribution in [0.5, 0.6) is 0 Å². The van der Waals surface area contributed by atoms with Crippen LogP contribution in [0.25, 0.3) is 0 Å². The molecule has 0 bridgehead atoms. The van der Waals surface area contributed by atoms with E-state index in [9.17, 15) is 0 Å². The first-order valence-electron chi connectivity index (χ1n) is 6.20. The van der Waals surface area contributed by atoms with Crippen molar-refractivity contribution in [2.75, 3.05) is 46.9 Å². The van der Waals surface area contributed by atoms with E-state index in [-0.39, 0.29) is 0 Å². The molecule has 0 amide bonds. The Labute approximate surface area is 103 Å². The topological polar surface area (TPSA) is 42.3 Å². The Kier molecular flexibility index (Phi) is 4.53. The smallest absolute Gasteiger partial charge is 0.0949 e. The molecular formula is C12H22N4O. The summed E-state index contributed by atoms with van der Waals surface area (Å²) >= 11 is 0. The molecule has 1 N–H and O–H groups in total. The fourth-order valence-corrected chi connectivity index (χ4v) is 1.87. The molecule has 1 aliphatic rings. The van der Waals surface area contributed by atoms with Gasteiger partial charge in [0.05, 0.1) is 19.5 Å². The van der Waals surface area contributed by atoms with Gasteiger partial charge in [0, 0.05) is 44.0 Å². The summed E-state index contributed by atoms with van der Waals surface area (Å²) < 4.78 is 7.81. The fraction of sp³-hybridized carbons (Fsp3) is 0.750. The van der Waals surface area contributed by atoms with E-state index >= 15 is 0 Å². The average molecular weight is 238 g/mol. The minimum absolute atomic E-state index is 0.638. The summed E-state index contributed by atoms with van der Waals surface area (Å²) in [6.45, 7) is 5.59. The zero-order valence-electron chi connectivity index (χ0n) is 10.7. The molecule has 0 spiro atoms. The third-order valence-corrected chi connectivity index (χ3v) is 3.10. The van der Waals surface area contributed by atoms with Crippen LogP contribution in [0.4, 0.5) is 0 Å². The Hall–Kier alpha value is -0.910. The monoisotopic (exact) mass is 238 g/mol. The van der Waals surface area contributed by atoms with Gasteiger partial charge in [-0.3, -0.25) is 0 Å². The zero-order valence-corrected chi connectivity index (χ0v) is 10.7. The molecule has 2 rings (SSSR count). The second-order valence-corrected chi connectivity index (χ2v) is 4.78. The Morgan fingerprint density at radius 1 is 1.47 bits per heavy atom. The Morgan fingerprint density at radius 2 is 2.29 bits per heavy atom. The van der Waals surface area contributed by atoms with Crippen molar-refractivity contribution < 1.29 is 4.74 Å². The molecule has 1 aliphatic heterocycles. The van der Waals surface area contributed by atoms with E-state index in [4.69, 9.17) is 4.74 Å². The number of likely N-dealkylation sites (N-methyl/N-ethyl adjacent to an activating group) is 1. The van der Waals surface area contributed by atoms with E-state index in [1.165, 1.54) is 5.69 Å². The van der Waals surface area contributed by atoms with Crippen molar-refractivity contribution in [3.8, 4) is 0 Å². The summed E-state index contributed by atoms with van der Waals surface area (Å²) in [7, 11) is 4.11. The minimum Gasteiger partial charge on any atom is -0.378 e. The molecule has 2 heterocycles. The van der Waals surface area contributed by atoms with E-state index in [2.05, 4.69) is 33.9 Å². The summed E-state index contributed by atoms with van der Waals surface area (Å²) in [5.41, 5.74) is 1.33. The van der Waals surface area contributed by atoms with Gasteiger partial charge in [-0.25, -0.2) is 4.98 Å². The highest BCUT2D eigenvalue weighted by Crippen LogP contribution is 2.18. The first kappa shape index (κ1) is 12.5. The molecule has 0 saturated carbocycles. The summed E-state index contributed by atoms with van der Waals surface area (Å²) in [4.78, 5) is 6.35. The van der Waals surface area contributed by atoms with Crippen LogP contribution in [0.3, 0.4) is 0 Å². The Balaban J connectivity index is 1.69. The predicted molar refractivity (Wildman–Crippen MR) is 67.2 cm³/mol. The quantitative estimate of drug-likeness (QED) is 0.687. The van der Waals surface area contributed by atoms with Crippen molar-refractivity contribution in [1.29, 1.82) is 0 Å². The highest BCUT2D eigenvalue weighted by atomic mass is 16.5. The number of aromatic nitrogens is 2. The average Bonchev–Trinajstić information content (AvgIpc) is 2.63. The van der Waals surface area contributed by atoms with Crippen LogP contribution < -0.4 is 5.32 Å². The van der Waals surface area contributed by atoms with Gasteiger partial charge in [-0.1, -0.05) is 0 Å². The summed E-state index contributed by atoms with van der Waals surface area (Å²) in [6.07, 6.45) is 3.88. The largest absolute Gasteiger partial charge is 0.378 e. The molecule has 5 heteroatoms. The molecule has 0 aromatic carbocycles. The molecule has 0 unspecified atom stereocenters. The number of hydrogen-bond donors (Lipinski definition) is 1. The summed E-state index contributed by atoms with van der Waals surface area (Å²) in [6, 6.07) is 0. The Bertz CT molecular complexity index is 333. The molecule has 5 nitrogen and oxygen atoms in total. The lowest BCUT2D eigenvalue weighted by molar-refractivity contribution is 0.110. The van der Waals surface area contributed by atoms with E-state index in [1.54, 1.807) is 0 Å². The van der Waals surface area contributed by atoms with Gasteiger partial charge in [0.2, 0.25) is 0 Å². The maximum absolute atomic E-state index is 5.60. The second kappa shape index (κ2) is 6.14. The molecular weight excluding hydrogens is 216 g/mol. The summed E-state index contributed by atoms with van der Waals surface area (Å²) in [5, 5.41) is 3.29. The number of hydrogen-bond acceptors (Lipinski definition) is 4. The third-order valence-electron chi connectivity index (χ3n) is 3.10. The van der Waals surface area contributed by atoms with Crippen molar-refractivity contribution in [3.63, 3.8) is 0 Å². The van der Waals surface area contributed by atoms with E-state index in [1.807, 2.05) is 12.5 Å². The summed E-state index contributed by atoms with van der Waals surface area (Å²) in [5.74, 6) is 0.638. The van der Waals surface area contributed by atoms with E-state index < -0.39 is 0 Å². The SMILES string of the molecule is CN(C)CCOCCn1cncc1C1CNC1. The maximum Gasteiger partial charge on any atom is 0.0949 e. The standard InChI is InChI=1S/C12H22N4O/c1-15(2)3-5-17-6-4-16-10-14-9-12(16)11-7-13-8-11/h9-11,13H,3-8H2,1-2H3. The van der Waals surface area contributed by atoms with Gasteiger partial charge in [-0.2, -0.15) is 0 Å². The Morgan fingerprint density at radius 3 is 2.94 bits per heavy atom. The highest BCUT2D eigenvalue weighted by molar-refractivity contribution is 5.11. The van der Waals surface area contributed by atoms with Gasteiger partial charge in [0.25, 0.3) is 0 Å². The van der Waals surface area contributed by atoms with Crippen LogP contribution in [-0.4, -0.2) is 61.4 Å². The van der Waals surface area contributed by atoms with Crippen LogP contribution >= 0.6 is 0 Å². The number of nitrogens with one attached hydrogen (secondary N) is 1. The van der Waals surface area contributed by atoms with Crippen molar-refractivity contribution in [2.24, 2.45) is 0 Å². The van der Waals surface area contributed by atoms with Gasteiger partial charge < -0.3 is 19.5 Å². The van der Waals surface area contributed by atoms with Crippen LogP contribution in [0.15, 0.2) is 12.5 Å². The van der Waals surface area contributed by atoms with Gasteiger partial charge >= 0.3 is 0 Å². The van der Waals surface area contributed by atoms with Crippen LogP contribution in [-0.2, 0) is 11.3 Å². The molecule has 1 saturated heterocycles. The van der Waals surface area contributed by atoms with Crippen LogP contribution in [0, 0.1) is 0 Å². The first-order valence-corrected chi connectivity index (χ1v) is 6.20. The molecule has 1 aromatic rings. The van der Waals surface area contributed by atoms with Gasteiger partial charge in [-0.15, -0.1) is 0 Å². The highest BCUT2D eigenvalue weighted by Gasteiger charge is 2.21. The lowest BCUT2D eigenvalue weighted by Crippen LogP contribution is -2.41. The second-order valence-electron chi connectivity index (χ2n) is 4.78. The molecule has 0 radical (unpaired) electrons. The molecule has 1 aromatic heterocycles. The lowest BCUT2D eigenvalue weighted by atomic mass is 10.00. The number of rotatable bonds is 7. The number of nitrogens with zero attached hydrogens (tertiary/aromatic N) is 3. The van der Waals surface area contributed by atoms with Gasteiger partial charge in [0.1, 0.15) is 0 Å². The molecule has 0 aliphatic carbocycles. The third kappa shape index (κ3) is 3.52. The molecule has 96 valence electrons. The zero-order chi connectivity index (χ0) is 12.1. The minimum atomic E-state index is 0.638. The van der Waals surface area contributed by atoms with E-state index in [0.29, 0.717) is 5.92 Å². The van der Waals surface area contributed by atoms with Crippen molar-refractivity contribution >= 4 is 0 Å². The maximum atomic E-state index is 5.60. The van der Waals surface area contributed by atoms with Gasteiger partial charge in [0.15, 0.2) is 0 Å². The first-order chi connectivity index (χ1) is 8.27. The molecule has 17 heavy (non-hydrogen) atoms. The number of ether oxygens (including phenoxy) is 1. The fourth-order valence-electron chi connectivity index (χ4n) is 1.87. The molecule has 1 fully saturated rings. The van der Waals surface area contributed by atoms with Crippen molar-refractivity contribution in [3.05, 3.63) is 18.2 Å². The van der Waals surface area contributed by atoms with Crippen molar-refractivity contribution in [1.82, 2.24) is 19.8 Å². The van der Waals surface area contributed by atoms with Gasteiger partial charge in [-0.05, 0) is 14.1 Å². The van der Waals surface area contributed by atoms with Crippen LogP contribution in [0.1, 0.15) is 11.6 Å². The van der Waals surface area contributed by atoms with Crippen molar-refractivity contribution in [2.45, 2.75) is 12.5 Å². The predicted octanol–water partition coefficient (Wildman–Crippen LogP) is 0.148. The molecule has 0 atom stereocenters. The number of imidazole rings is 1. The normalized spacial score (nSPS) is 16.4. The van der Waals surface area contributed by atoms with E-state index in [0.717, 1.165) is 39.4 Å². The van der Waals surface area contributed by atoms with Crippen LogP contribution in [0.2, 0.25) is 0 Å².